The summed E-state index contributed by atoms with van der Waals surface area (Å²) in [5.41, 5.74) is 7.50. The predicted octanol–water partition coefficient (Wildman–Crippen LogP) is 2.07. The number of carbonyl (C=O) groups excluding carboxylic acids is 1. The van der Waals surface area contributed by atoms with E-state index >= 15 is 0 Å². The molecule has 1 aromatic rings. The molecule has 1 aliphatic rings. The quantitative estimate of drug-likeness (QED) is 0.793. The van der Waals surface area contributed by atoms with Gasteiger partial charge in [-0.1, -0.05) is 25.1 Å². The molecule has 0 radical (unpaired) electrons. The average molecular weight is 232 g/mol. The van der Waals surface area contributed by atoms with Crippen LogP contribution in [0.25, 0.3) is 0 Å². The van der Waals surface area contributed by atoms with Gasteiger partial charge >= 0.3 is 0 Å². The molecule has 0 saturated carbocycles. The Morgan fingerprint density at radius 2 is 2.12 bits per heavy atom. The van der Waals surface area contributed by atoms with Crippen LogP contribution in [0.4, 0.5) is 5.69 Å². The number of hydrogen-bond donors (Lipinski definition) is 1. The van der Waals surface area contributed by atoms with Gasteiger partial charge in [0, 0.05) is 18.3 Å². The van der Waals surface area contributed by atoms with Crippen molar-refractivity contribution in [3.8, 4) is 0 Å². The van der Waals surface area contributed by atoms with E-state index in [1.54, 1.807) is 0 Å². The van der Waals surface area contributed by atoms with Crippen molar-refractivity contribution in [3.63, 3.8) is 0 Å². The Morgan fingerprint density at radius 3 is 2.71 bits per heavy atom. The molecule has 2 unspecified atom stereocenters. The highest BCUT2D eigenvalue weighted by Gasteiger charge is 2.29. The SMILES string of the molecule is CC1CC(C)N(C(=O)Cc2ccccc2N)C1. The lowest BCUT2D eigenvalue weighted by Gasteiger charge is -2.21. The number of rotatable bonds is 2. The molecule has 3 heteroatoms. The molecule has 1 aliphatic heterocycles. The molecule has 0 aliphatic carbocycles. The third-order valence-corrected chi connectivity index (χ3v) is 3.50. The molecule has 92 valence electrons. The molecule has 2 rings (SSSR count). The van der Waals surface area contributed by atoms with Crippen molar-refractivity contribution in [3.05, 3.63) is 29.8 Å². The molecular formula is C14H20N2O. The number of anilines is 1. The van der Waals surface area contributed by atoms with Crippen LogP contribution in [0.5, 0.6) is 0 Å². The molecule has 3 nitrogen and oxygen atoms in total. The van der Waals surface area contributed by atoms with Crippen LogP contribution in [0.1, 0.15) is 25.8 Å². The summed E-state index contributed by atoms with van der Waals surface area (Å²) in [6.07, 6.45) is 1.53. The van der Waals surface area contributed by atoms with Gasteiger partial charge < -0.3 is 10.6 Å². The summed E-state index contributed by atoms with van der Waals surface area (Å²) in [5, 5.41) is 0. The van der Waals surface area contributed by atoms with Crippen molar-refractivity contribution in [2.45, 2.75) is 32.7 Å². The van der Waals surface area contributed by atoms with Gasteiger partial charge in [0.2, 0.25) is 5.91 Å². The zero-order valence-corrected chi connectivity index (χ0v) is 10.5. The van der Waals surface area contributed by atoms with Crippen molar-refractivity contribution in [2.75, 3.05) is 12.3 Å². The monoisotopic (exact) mass is 232 g/mol. The van der Waals surface area contributed by atoms with E-state index in [4.69, 9.17) is 5.73 Å². The molecule has 0 bridgehead atoms. The van der Waals surface area contributed by atoms with E-state index in [1.807, 2.05) is 29.2 Å². The fourth-order valence-corrected chi connectivity index (χ4v) is 2.61. The second-order valence-electron chi connectivity index (χ2n) is 5.11. The van der Waals surface area contributed by atoms with E-state index in [9.17, 15) is 4.79 Å². The molecule has 2 atom stereocenters. The van der Waals surface area contributed by atoms with E-state index in [2.05, 4.69) is 13.8 Å². The molecule has 2 N–H and O–H groups in total. The summed E-state index contributed by atoms with van der Waals surface area (Å²) in [6.45, 7) is 5.20. The van der Waals surface area contributed by atoms with Gasteiger partial charge in [-0.25, -0.2) is 0 Å². The number of benzene rings is 1. The van der Waals surface area contributed by atoms with Crippen LogP contribution < -0.4 is 5.73 Å². The van der Waals surface area contributed by atoms with Gasteiger partial charge in [-0.2, -0.15) is 0 Å². The molecular weight excluding hydrogens is 212 g/mol. The van der Waals surface area contributed by atoms with Gasteiger partial charge in [0.05, 0.1) is 6.42 Å². The lowest BCUT2D eigenvalue weighted by atomic mass is 10.1. The number of carbonyl (C=O) groups is 1. The summed E-state index contributed by atoms with van der Waals surface area (Å²) >= 11 is 0. The van der Waals surface area contributed by atoms with Crippen LogP contribution in [-0.2, 0) is 11.2 Å². The van der Waals surface area contributed by atoms with E-state index in [-0.39, 0.29) is 5.91 Å². The van der Waals surface area contributed by atoms with E-state index in [1.165, 1.54) is 0 Å². The Balaban J connectivity index is 2.05. The summed E-state index contributed by atoms with van der Waals surface area (Å²) < 4.78 is 0. The average Bonchev–Trinajstić information content (AvgIpc) is 2.61. The van der Waals surface area contributed by atoms with Crippen LogP contribution in [-0.4, -0.2) is 23.4 Å². The van der Waals surface area contributed by atoms with Gasteiger partial charge in [0.1, 0.15) is 0 Å². The molecule has 0 aromatic heterocycles. The maximum absolute atomic E-state index is 12.2. The molecule has 1 fully saturated rings. The van der Waals surface area contributed by atoms with Gasteiger partial charge in [0.25, 0.3) is 0 Å². The van der Waals surface area contributed by atoms with Crippen molar-refractivity contribution in [2.24, 2.45) is 5.92 Å². The zero-order chi connectivity index (χ0) is 12.4. The maximum Gasteiger partial charge on any atom is 0.227 e. The van der Waals surface area contributed by atoms with Gasteiger partial charge in [-0.05, 0) is 30.9 Å². The number of para-hydroxylation sites is 1. The zero-order valence-electron chi connectivity index (χ0n) is 10.5. The van der Waals surface area contributed by atoms with Gasteiger partial charge in [-0.3, -0.25) is 4.79 Å². The van der Waals surface area contributed by atoms with Crippen LogP contribution in [0, 0.1) is 5.92 Å². The first-order valence-corrected chi connectivity index (χ1v) is 6.20. The van der Waals surface area contributed by atoms with Crippen molar-refractivity contribution in [1.82, 2.24) is 4.90 Å². The second-order valence-corrected chi connectivity index (χ2v) is 5.11. The van der Waals surface area contributed by atoms with Gasteiger partial charge in [0.15, 0.2) is 0 Å². The van der Waals surface area contributed by atoms with Crippen LogP contribution in [0.15, 0.2) is 24.3 Å². The van der Waals surface area contributed by atoms with Crippen molar-refractivity contribution >= 4 is 11.6 Å². The van der Waals surface area contributed by atoms with Crippen molar-refractivity contribution in [1.29, 1.82) is 0 Å². The maximum atomic E-state index is 12.2. The Morgan fingerprint density at radius 1 is 1.41 bits per heavy atom. The highest BCUT2D eigenvalue weighted by Crippen LogP contribution is 2.23. The number of nitrogens with two attached hydrogens (primary N) is 1. The summed E-state index contributed by atoms with van der Waals surface area (Å²) in [7, 11) is 0. The van der Waals surface area contributed by atoms with Gasteiger partial charge in [-0.15, -0.1) is 0 Å². The molecule has 1 amide bonds. The first-order valence-electron chi connectivity index (χ1n) is 6.20. The Hall–Kier alpha value is -1.51. The predicted molar refractivity (Wildman–Crippen MR) is 69.5 cm³/mol. The fourth-order valence-electron chi connectivity index (χ4n) is 2.61. The van der Waals surface area contributed by atoms with Crippen molar-refractivity contribution < 1.29 is 4.79 Å². The normalized spacial score (nSPS) is 24.0. The fraction of sp³-hybridized carbons (Fsp3) is 0.500. The number of nitrogen functional groups attached to an aromatic ring is 1. The van der Waals surface area contributed by atoms with Crippen LogP contribution in [0.3, 0.4) is 0 Å². The van der Waals surface area contributed by atoms with E-state index < -0.39 is 0 Å². The molecule has 1 saturated heterocycles. The Kier molecular flexibility index (Phi) is 3.36. The highest BCUT2D eigenvalue weighted by atomic mass is 16.2. The first kappa shape index (κ1) is 12.0. The van der Waals surface area contributed by atoms with Crippen LogP contribution in [0.2, 0.25) is 0 Å². The van der Waals surface area contributed by atoms with Crippen LogP contribution >= 0.6 is 0 Å². The molecule has 17 heavy (non-hydrogen) atoms. The first-order chi connectivity index (χ1) is 8.08. The molecule has 1 heterocycles. The molecule has 1 aromatic carbocycles. The summed E-state index contributed by atoms with van der Waals surface area (Å²) in [4.78, 5) is 14.2. The number of likely N-dealkylation sites (tertiary alicyclic amines) is 1. The summed E-state index contributed by atoms with van der Waals surface area (Å²) in [5.74, 6) is 0.807. The minimum absolute atomic E-state index is 0.194. The van der Waals surface area contributed by atoms with E-state index in [0.29, 0.717) is 24.1 Å². The summed E-state index contributed by atoms with van der Waals surface area (Å²) in [6, 6.07) is 7.96. The minimum atomic E-state index is 0.194. The number of hydrogen-bond acceptors (Lipinski definition) is 2. The smallest absolute Gasteiger partial charge is 0.227 e. The Labute approximate surface area is 103 Å². The Bertz CT molecular complexity index is 416. The standard InChI is InChI=1S/C14H20N2O/c1-10-7-11(2)16(9-10)14(17)8-12-5-3-4-6-13(12)15/h3-6,10-11H,7-9,15H2,1-2H3. The minimum Gasteiger partial charge on any atom is -0.398 e. The topological polar surface area (TPSA) is 46.3 Å². The lowest BCUT2D eigenvalue weighted by molar-refractivity contribution is -0.131. The number of amides is 1. The highest BCUT2D eigenvalue weighted by molar-refractivity contribution is 5.80. The third kappa shape index (κ3) is 2.60. The third-order valence-electron chi connectivity index (χ3n) is 3.50. The molecule has 0 spiro atoms. The second kappa shape index (κ2) is 4.78. The van der Waals surface area contributed by atoms with E-state index in [0.717, 1.165) is 18.5 Å². The largest absolute Gasteiger partial charge is 0.398 e. The number of nitrogens with zero attached hydrogens (tertiary/aromatic N) is 1. The lowest BCUT2D eigenvalue weighted by Crippen LogP contribution is -2.35.